The van der Waals surface area contributed by atoms with Crippen molar-refractivity contribution in [1.29, 1.82) is 0 Å². The first-order chi connectivity index (χ1) is 10.5. The Kier molecular flexibility index (Phi) is 6.68. The molecule has 128 valence electrons. The minimum atomic E-state index is -2.96. The topological polar surface area (TPSA) is 63.7 Å². The summed E-state index contributed by atoms with van der Waals surface area (Å²) < 4.78 is 28.5. The van der Waals surface area contributed by atoms with Gasteiger partial charge in [0, 0.05) is 32.7 Å². The van der Waals surface area contributed by atoms with Gasteiger partial charge in [-0.15, -0.1) is 0 Å². The molecule has 1 aliphatic carbocycles. The SMILES string of the molecule is COCCCN(C(=O)CCC1CCCC1)[C@H]1CCS(=O)(=O)C1. The first-order valence-corrected chi connectivity index (χ1v) is 10.3. The van der Waals surface area contributed by atoms with E-state index in [-0.39, 0.29) is 23.5 Å². The molecule has 1 saturated carbocycles. The summed E-state index contributed by atoms with van der Waals surface area (Å²) in [6.07, 6.45) is 7.94. The number of hydrogen-bond acceptors (Lipinski definition) is 4. The van der Waals surface area contributed by atoms with Crippen LogP contribution >= 0.6 is 0 Å². The van der Waals surface area contributed by atoms with Gasteiger partial charge in [0.25, 0.3) is 0 Å². The van der Waals surface area contributed by atoms with E-state index in [0.717, 1.165) is 12.8 Å². The van der Waals surface area contributed by atoms with Crippen LogP contribution in [0.2, 0.25) is 0 Å². The maximum Gasteiger partial charge on any atom is 0.222 e. The fraction of sp³-hybridized carbons (Fsp3) is 0.938. The molecule has 2 rings (SSSR count). The molecule has 0 aromatic heterocycles. The fourth-order valence-corrected chi connectivity index (χ4v) is 5.41. The molecule has 1 heterocycles. The Hall–Kier alpha value is -0.620. The van der Waals surface area contributed by atoms with Crippen molar-refractivity contribution in [2.75, 3.05) is 31.8 Å². The molecular weight excluding hydrogens is 302 g/mol. The van der Waals surface area contributed by atoms with Crippen molar-refractivity contribution in [3.05, 3.63) is 0 Å². The summed E-state index contributed by atoms with van der Waals surface area (Å²) in [6, 6.07) is -0.127. The molecule has 1 aliphatic heterocycles. The zero-order chi connectivity index (χ0) is 16.0. The normalized spacial score (nSPS) is 24.7. The van der Waals surface area contributed by atoms with E-state index in [1.54, 1.807) is 7.11 Å². The standard InChI is InChI=1S/C16H29NO4S/c1-21-11-4-10-17(15-9-12-22(19,20)13-15)16(18)8-7-14-5-2-3-6-14/h14-15H,2-13H2,1H3/t15-/m0/s1. The lowest BCUT2D eigenvalue weighted by molar-refractivity contribution is -0.133. The maximum absolute atomic E-state index is 12.6. The predicted octanol–water partition coefficient (Wildman–Crippen LogP) is 2.01. The molecule has 0 N–H and O–H groups in total. The van der Waals surface area contributed by atoms with Crippen LogP contribution in [0.3, 0.4) is 0 Å². The van der Waals surface area contributed by atoms with Crippen LogP contribution in [-0.4, -0.2) is 57.0 Å². The van der Waals surface area contributed by atoms with Crippen LogP contribution in [0.1, 0.15) is 51.4 Å². The number of methoxy groups -OCH3 is 1. The van der Waals surface area contributed by atoms with Crippen molar-refractivity contribution in [1.82, 2.24) is 4.90 Å². The first-order valence-electron chi connectivity index (χ1n) is 8.50. The van der Waals surface area contributed by atoms with Gasteiger partial charge in [-0.05, 0) is 25.2 Å². The molecule has 0 bridgehead atoms. The van der Waals surface area contributed by atoms with Crippen molar-refractivity contribution in [2.24, 2.45) is 5.92 Å². The summed E-state index contributed by atoms with van der Waals surface area (Å²) in [6.45, 7) is 1.21. The number of sulfone groups is 1. The van der Waals surface area contributed by atoms with E-state index in [2.05, 4.69) is 0 Å². The fourth-order valence-electron chi connectivity index (χ4n) is 3.68. The second-order valence-electron chi connectivity index (χ2n) is 6.68. The highest BCUT2D eigenvalue weighted by Gasteiger charge is 2.34. The lowest BCUT2D eigenvalue weighted by Crippen LogP contribution is -2.42. The average Bonchev–Trinajstić information content (AvgIpc) is 3.10. The maximum atomic E-state index is 12.6. The van der Waals surface area contributed by atoms with Crippen LogP contribution < -0.4 is 0 Å². The van der Waals surface area contributed by atoms with Gasteiger partial charge >= 0.3 is 0 Å². The van der Waals surface area contributed by atoms with Crippen molar-refractivity contribution in [3.8, 4) is 0 Å². The molecular formula is C16H29NO4S. The average molecular weight is 331 g/mol. The van der Waals surface area contributed by atoms with E-state index in [9.17, 15) is 13.2 Å². The van der Waals surface area contributed by atoms with Gasteiger partial charge in [-0.3, -0.25) is 4.79 Å². The van der Waals surface area contributed by atoms with E-state index in [1.807, 2.05) is 4.90 Å². The molecule has 2 fully saturated rings. The molecule has 1 amide bonds. The third-order valence-electron chi connectivity index (χ3n) is 4.96. The minimum absolute atomic E-state index is 0.127. The van der Waals surface area contributed by atoms with E-state index >= 15 is 0 Å². The van der Waals surface area contributed by atoms with E-state index < -0.39 is 9.84 Å². The number of ether oxygens (including phenoxy) is 1. The van der Waals surface area contributed by atoms with Gasteiger partial charge in [-0.25, -0.2) is 8.42 Å². The molecule has 22 heavy (non-hydrogen) atoms. The highest BCUT2D eigenvalue weighted by molar-refractivity contribution is 7.91. The zero-order valence-electron chi connectivity index (χ0n) is 13.6. The third kappa shape index (κ3) is 5.23. The summed E-state index contributed by atoms with van der Waals surface area (Å²) >= 11 is 0. The van der Waals surface area contributed by atoms with Gasteiger partial charge in [-0.1, -0.05) is 25.7 Å². The van der Waals surface area contributed by atoms with Gasteiger partial charge in [0.05, 0.1) is 11.5 Å². The summed E-state index contributed by atoms with van der Waals surface area (Å²) in [7, 11) is -1.32. The first kappa shape index (κ1) is 17.7. The quantitative estimate of drug-likeness (QED) is 0.638. The number of rotatable bonds is 8. The number of carbonyl (C=O) groups excluding carboxylic acids is 1. The Morgan fingerprint density at radius 1 is 1.23 bits per heavy atom. The van der Waals surface area contributed by atoms with E-state index in [0.29, 0.717) is 31.9 Å². The highest BCUT2D eigenvalue weighted by atomic mass is 32.2. The van der Waals surface area contributed by atoms with E-state index in [1.165, 1.54) is 25.7 Å². The molecule has 0 radical (unpaired) electrons. The molecule has 0 unspecified atom stereocenters. The Morgan fingerprint density at radius 3 is 2.55 bits per heavy atom. The zero-order valence-corrected chi connectivity index (χ0v) is 14.4. The smallest absolute Gasteiger partial charge is 0.222 e. The minimum Gasteiger partial charge on any atom is -0.385 e. The summed E-state index contributed by atoms with van der Waals surface area (Å²) in [5.41, 5.74) is 0. The number of carbonyl (C=O) groups is 1. The summed E-state index contributed by atoms with van der Waals surface area (Å²) in [4.78, 5) is 14.4. The van der Waals surface area contributed by atoms with Gasteiger partial charge in [0.2, 0.25) is 5.91 Å². The lowest BCUT2D eigenvalue weighted by Gasteiger charge is -2.29. The molecule has 5 nitrogen and oxygen atoms in total. The van der Waals surface area contributed by atoms with Gasteiger partial charge < -0.3 is 9.64 Å². The molecule has 1 saturated heterocycles. The third-order valence-corrected chi connectivity index (χ3v) is 6.71. The summed E-state index contributed by atoms with van der Waals surface area (Å²) in [5.74, 6) is 1.17. The highest BCUT2D eigenvalue weighted by Crippen LogP contribution is 2.29. The second kappa shape index (κ2) is 8.29. The molecule has 0 spiro atoms. The number of hydrogen-bond donors (Lipinski definition) is 0. The monoisotopic (exact) mass is 331 g/mol. The lowest BCUT2D eigenvalue weighted by atomic mass is 10.0. The number of nitrogens with zero attached hydrogens (tertiary/aromatic N) is 1. The van der Waals surface area contributed by atoms with Crippen LogP contribution in [0.5, 0.6) is 0 Å². The summed E-state index contributed by atoms with van der Waals surface area (Å²) in [5, 5.41) is 0. The largest absolute Gasteiger partial charge is 0.385 e. The second-order valence-corrected chi connectivity index (χ2v) is 8.91. The van der Waals surface area contributed by atoms with E-state index in [4.69, 9.17) is 4.74 Å². The van der Waals surface area contributed by atoms with Gasteiger partial charge in [-0.2, -0.15) is 0 Å². The number of amides is 1. The van der Waals surface area contributed by atoms with Crippen LogP contribution in [0, 0.1) is 5.92 Å². The van der Waals surface area contributed by atoms with Crippen molar-refractivity contribution < 1.29 is 17.9 Å². The van der Waals surface area contributed by atoms with Crippen LogP contribution in [0.4, 0.5) is 0 Å². The Labute approximate surface area is 134 Å². The molecule has 1 atom stereocenters. The predicted molar refractivity (Wildman–Crippen MR) is 86.5 cm³/mol. The Bertz CT molecular complexity index is 457. The van der Waals surface area contributed by atoms with Gasteiger partial charge in [0.1, 0.15) is 0 Å². The molecule has 2 aliphatic rings. The van der Waals surface area contributed by atoms with Gasteiger partial charge in [0.15, 0.2) is 9.84 Å². The van der Waals surface area contributed by atoms with Crippen LogP contribution in [0.15, 0.2) is 0 Å². The molecule has 0 aromatic rings. The van der Waals surface area contributed by atoms with Crippen molar-refractivity contribution >= 4 is 15.7 Å². The molecule has 6 heteroatoms. The Balaban J connectivity index is 1.89. The molecule has 0 aromatic carbocycles. The van der Waals surface area contributed by atoms with Crippen molar-refractivity contribution in [2.45, 2.75) is 57.4 Å². The van der Waals surface area contributed by atoms with Crippen LogP contribution in [-0.2, 0) is 19.4 Å². The van der Waals surface area contributed by atoms with Crippen molar-refractivity contribution in [3.63, 3.8) is 0 Å². The van der Waals surface area contributed by atoms with Crippen LogP contribution in [0.25, 0.3) is 0 Å². The Morgan fingerprint density at radius 2 is 1.95 bits per heavy atom.